The molecule has 1 aliphatic rings. The lowest BCUT2D eigenvalue weighted by atomic mass is 10.1. The number of carbonyl (C=O) groups is 2. The zero-order valence-electron chi connectivity index (χ0n) is 23.0. The predicted molar refractivity (Wildman–Crippen MR) is 156 cm³/mol. The lowest BCUT2D eigenvalue weighted by molar-refractivity contribution is 0.0969. The first-order valence-electron chi connectivity index (χ1n) is 13.5. The Morgan fingerprint density at radius 1 is 1.12 bits per heavy atom. The number of hydrogen-bond acceptors (Lipinski definition) is 8. The van der Waals surface area contributed by atoms with E-state index in [4.69, 9.17) is 10.7 Å². The SMILES string of the molecule is C/C=C/Cn1c(N2CCCC(N)C2)nc2c1c(=O)n(CC(=O)c1ccccc1NC(=O)c1ccccn1)c(=O)n2C. The number of aromatic nitrogens is 5. The highest BCUT2D eigenvalue weighted by molar-refractivity contribution is 6.08. The zero-order valence-corrected chi connectivity index (χ0v) is 23.0. The summed E-state index contributed by atoms with van der Waals surface area (Å²) in [6.07, 6.45) is 7.06. The Bertz CT molecular complexity index is 1750. The highest BCUT2D eigenvalue weighted by atomic mass is 16.2. The Balaban J connectivity index is 1.54. The Morgan fingerprint density at radius 3 is 2.63 bits per heavy atom. The molecule has 0 saturated carbocycles. The Hall–Kier alpha value is -4.84. The Kier molecular flexibility index (Phi) is 7.92. The van der Waals surface area contributed by atoms with Gasteiger partial charge in [0.1, 0.15) is 5.69 Å². The van der Waals surface area contributed by atoms with Gasteiger partial charge in [-0.3, -0.25) is 28.5 Å². The van der Waals surface area contributed by atoms with Gasteiger partial charge in [0.15, 0.2) is 16.9 Å². The van der Waals surface area contributed by atoms with Gasteiger partial charge in [0.05, 0.1) is 12.2 Å². The summed E-state index contributed by atoms with van der Waals surface area (Å²) in [5.74, 6) is -0.438. The van der Waals surface area contributed by atoms with Gasteiger partial charge >= 0.3 is 5.69 Å². The number of nitrogens with one attached hydrogen (secondary N) is 1. The van der Waals surface area contributed by atoms with Crippen molar-refractivity contribution in [2.24, 2.45) is 12.8 Å². The minimum atomic E-state index is -0.663. The number of hydrogen-bond donors (Lipinski definition) is 2. The molecule has 0 spiro atoms. The van der Waals surface area contributed by atoms with Crippen molar-refractivity contribution in [3.05, 3.63) is 92.9 Å². The first-order chi connectivity index (χ1) is 19.8. The van der Waals surface area contributed by atoms with Crippen LogP contribution >= 0.6 is 0 Å². The van der Waals surface area contributed by atoms with Gasteiger partial charge in [0.25, 0.3) is 11.5 Å². The van der Waals surface area contributed by atoms with E-state index in [2.05, 4.69) is 10.3 Å². The number of nitrogens with two attached hydrogens (primary N) is 1. The maximum Gasteiger partial charge on any atom is 0.332 e. The number of allylic oxidation sites excluding steroid dienone is 2. The summed E-state index contributed by atoms with van der Waals surface area (Å²) in [5.41, 5.74) is 6.01. The molecule has 1 aromatic carbocycles. The molecule has 0 bridgehead atoms. The van der Waals surface area contributed by atoms with E-state index in [9.17, 15) is 19.2 Å². The van der Waals surface area contributed by atoms with Gasteiger partial charge in [-0.05, 0) is 44.0 Å². The van der Waals surface area contributed by atoms with Crippen LogP contribution in [-0.2, 0) is 20.1 Å². The van der Waals surface area contributed by atoms with Crippen molar-refractivity contribution in [3.8, 4) is 0 Å². The third-order valence-corrected chi connectivity index (χ3v) is 7.15. The van der Waals surface area contributed by atoms with E-state index in [1.54, 1.807) is 47.0 Å². The normalized spacial score (nSPS) is 15.5. The summed E-state index contributed by atoms with van der Waals surface area (Å²) < 4.78 is 3.98. The second-order valence-corrected chi connectivity index (χ2v) is 9.98. The van der Waals surface area contributed by atoms with Crippen molar-refractivity contribution in [2.45, 2.75) is 38.9 Å². The lowest BCUT2D eigenvalue weighted by Crippen LogP contribution is -2.44. The number of benzene rings is 1. The van der Waals surface area contributed by atoms with Crippen LogP contribution in [0.2, 0.25) is 0 Å². The number of anilines is 2. The van der Waals surface area contributed by atoms with Crippen molar-refractivity contribution in [1.29, 1.82) is 0 Å². The first kappa shape index (κ1) is 27.7. The van der Waals surface area contributed by atoms with Crippen LogP contribution in [-0.4, -0.2) is 54.5 Å². The maximum absolute atomic E-state index is 13.9. The van der Waals surface area contributed by atoms with E-state index >= 15 is 0 Å². The maximum atomic E-state index is 13.9. The molecule has 3 aromatic heterocycles. The Labute approximate surface area is 235 Å². The molecule has 0 radical (unpaired) electrons. The molecule has 1 atom stereocenters. The van der Waals surface area contributed by atoms with Crippen LogP contribution in [0.1, 0.15) is 40.6 Å². The van der Waals surface area contributed by atoms with Gasteiger partial charge in [-0.1, -0.05) is 30.4 Å². The fourth-order valence-electron chi connectivity index (χ4n) is 5.06. The van der Waals surface area contributed by atoms with Gasteiger partial charge in [-0.2, -0.15) is 4.98 Å². The summed E-state index contributed by atoms with van der Waals surface area (Å²) in [6, 6.07) is 11.4. The highest BCUT2D eigenvalue weighted by Gasteiger charge is 2.27. The quantitative estimate of drug-likeness (QED) is 0.247. The number of pyridine rings is 1. The zero-order chi connectivity index (χ0) is 29.1. The number of para-hydroxylation sites is 1. The monoisotopic (exact) mass is 556 g/mol. The second-order valence-electron chi connectivity index (χ2n) is 9.98. The number of rotatable bonds is 8. The van der Waals surface area contributed by atoms with Crippen LogP contribution in [0.3, 0.4) is 0 Å². The molecule has 0 aliphatic carbocycles. The molecule has 12 nitrogen and oxygen atoms in total. The van der Waals surface area contributed by atoms with E-state index in [0.29, 0.717) is 19.0 Å². The van der Waals surface area contributed by atoms with Gasteiger partial charge in [-0.15, -0.1) is 0 Å². The molecular weight excluding hydrogens is 524 g/mol. The third-order valence-electron chi connectivity index (χ3n) is 7.15. The van der Waals surface area contributed by atoms with Crippen LogP contribution < -0.4 is 27.2 Å². The van der Waals surface area contributed by atoms with Crippen LogP contribution in [0.15, 0.2) is 70.4 Å². The summed E-state index contributed by atoms with van der Waals surface area (Å²) in [7, 11) is 1.53. The largest absolute Gasteiger partial charge is 0.341 e. The molecule has 12 heteroatoms. The van der Waals surface area contributed by atoms with Crippen LogP contribution in [0.5, 0.6) is 0 Å². The fraction of sp³-hybridized carbons (Fsp3) is 0.310. The van der Waals surface area contributed by atoms with Crippen molar-refractivity contribution in [3.63, 3.8) is 0 Å². The van der Waals surface area contributed by atoms with Crippen LogP contribution in [0, 0.1) is 0 Å². The average molecular weight is 557 g/mol. The molecule has 1 fully saturated rings. The number of carbonyl (C=O) groups excluding carboxylic acids is 2. The smallest absolute Gasteiger partial charge is 0.332 e. The second kappa shape index (κ2) is 11.7. The summed E-state index contributed by atoms with van der Waals surface area (Å²) >= 11 is 0. The molecule has 4 heterocycles. The number of piperidine rings is 1. The number of aryl methyl sites for hydroxylation is 1. The molecule has 4 aromatic rings. The van der Waals surface area contributed by atoms with E-state index in [0.717, 1.165) is 24.0 Å². The van der Waals surface area contributed by atoms with Gasteiger partial charge < -0.3 is 20.5 Å². The van der Waals surface area contributed by atoms with E-state index in [1.165, 1.54) is 17.8 Å². The topological polar surface area (TPSA) is 150 Å². The number of ketones is 1. The predicted octanol–water partition coefficient (Wildman–Crippen LogP) is 1.93. The summed E-state index contributed by atoms with van der Waals surface area (Å²) in [4.78, 5) is 64.2. The molecule has 3 N–H and O–H groups in total. The molecule has 1 aliphatic heterocycles. The lowest BCUT2D eigenvalue weighted by Gasteiger charge is -2.31. The third kappa shape index (κ3) is 5.46. The highest BCUT2D eigenvalue weighted by Crippen LogP contribution is 2.23. The van der Waals surface area contributed by atoms with E-state index in [-0.39, 0.29) is 34.2 Å². The minimum Gasteiger partial charge on any atom is -0.341 e. The first-order valence-corrected chi connectivity index (χ1v) is 13.5. The van der Waals surface area contributed by atoms with Gasteiger partial charge in [-0.25, -0.2) is 4.79 Å². The number of nitrogens with zero attached hydrogens (tertiary/aromatic N) is 6. The van der Waals surface area contributed by atoms with E-state index in [1.807, 2.05) is 24.0 Å². The number of fused-ring (bicyclic) bond motifs is 1. The van der Waals surface area contributed by atoms with Crippen molar-refractivity contribution >= 4 is 34.5 Å². The van der Waals surface area contributed by atoms with Crippen molar-refractivity contribution in [1.82, 2.24) is 23.7 Å². The number of imidazole rings is 1. The minimum absolute atomic E-state index is 0.0185. The average Bonchev–Trinajstić information content (AvgIpc) is 3.37. The van der Waals surface area contributed by atoms with Crippen molar-refractivity contribution < 1.29 is 9.59 Å². The molecule has 212 valence electrons. The molecular formula is C29H32N8O4. The fourth-order valence-corrected chi connectivity index (χ4v) is 5.06. The summed E-state index contributed by atoms with van der Waals surface area (Å²) in [6.45, 7) is 3.04. The van der Waals surface area contributed by atoms with Gasteiger partial charge in [0.2, 0.25) is 5.95 Å². The van der Waals surface area contributed by atoms with Gasteiger partial charge in [0, 0.05) is 44.5 Å². The molecule has 5 rings (SSSR count). The Morgan fingerprint density at radius 2 is 1.90 bits per heavy atom. The van der Waals surface area contributed by atoms with Crippen LogP contribution in [0.25, 0.3) is 11.2 Å². The van der Waals surface area contributed by atoms with Crippen LogP contribution in [0.4, 0.5) is 11.6 Å². The van der Waals surface area contributed by atoms with E-state index < -0.39 is 29.5 Å². The molecule has 41 heavy (non-hydrogen) atoms. The van der Waals surface area contributed by atoms with Crippen molar-refractivity contribution in [2.75, 3.05) is 23.3 Å². The molecule has 1 saturated heterocycles. The standard InChI is InChI=1S/C29H32N8O4/c1-3-4-16-36-24-25(33-28(36)35-15-9-10-19(30)17-35)34(2)29(41)37(27(24)40)18-23(38)20-11-5-6-12-21(20)32-26(39)22-13-7-8-14-31-22/h3-8,11-14,19H,9-10,15-18,30H2,1-2H3,(H,32,39)/b4-3+. The molecule has 1 amide bonds. The summed E-state index contributed by atoms with van der Waals surface area (Å²) in [5, 5.41) is 2.71. The number of Topliss-reactive ketones (excluding diaryl/α,β-unsaturated/α-hetero) is 1. The molecule has 1 unspecified atom stereocenters. The number of amides is 1.